The molecule has 0 aromatic carbocycles. The molecule has 8 heteroatoms. The van der Waals surface area contributed by atoms with E-state index >= 15 is 0 Å². The molecular weight excluding hydrogens is 315 g/mol. The summed E-state index contributed by atoms with van der Waals surface area (Å²) in [5.41, 5.74) is 1.59. The Hall–Kier alpha value is -1.00. The second-order valence-corrected chi connectivity index (χ2v) is 3.74. The van der Waals surface area contributed by atoms with Gasteiger partial charge >= 0.3 is 5.97 Å². The maximum absolute atomic E-state index is 11.5. The normalized spacial score (nSPS) is 10.0. The fourth-order valence-electron chi connectivity index (χ4n) is 0.912. The molecule has 0 aliphatic carbocycles. The molecule has 0 radical (unpaired) electrons. The predicted octanol–water partition coefficient (Wildman–Crippen LogP) is -0.841. The molecule has 1 heterocycles. The van der Waals surface area contributed by atoms with Gasteiger partial charge in [0.05, 0.1) is 16.3 Å². The maximum Gasteiger partial charge on any atom is 0.328 e. The fraction of sp³-hybridized carbons (Fsp3) is 0.286. The molecule has 82 valence electrons. The molecule has 1 rings (SSSR count). The zero-order valence-electron chi connectivity index (χ0n) is 7.64. The molecule has 0 saturated carbocycles. The number of carbonyl (C=O) groups is 1. The number of aryl methyl sites for hydroxylation is 1. The van der Waals surface area contributed by atoms with Crippen LogP contribution in [-0.4, -0.2) is 15.5 Å². The number of nitrogens with two attached hydrogens (primary N) is 1. The summed E-state index contributed by atoms with van der Waals surface area (Å²) in [7, 11) is 0. The number of aromatic nitrogens is 2. The van der Waals surface area contributed by atoms with Crippen molar-refractivity contribution >= 4 is 28.6 Å². The standard InChI is InChI=1S/C7H9IN4O3/c8-5-3-10-4-12(7(5)14)2-1-6(13)15-11-9/h3-4,11H,1-2,9H2. The fourth-order valence-corrected chi connectivity index (χ4v) is 1.38. The minimum absolute atomic E-state index is 0.0475. The van der Waals surface area contributed by atoms with Crippen LogP contribution in [0.1, 0.15) is 6.42 Å². The number of hydrazine groups is 1. The molecule has 0 saturated heterocycles. The average Bonchev–Trinajstić information content (AvgIpc) is 2.21. The van der Waals surface area contributed by atoms with Crippen molar-refractivity contribution in [3.8, 4) is 0 Å². The van der Waals surface area contributed by atoms with Crippen molar-refractivity contribution in [3.63, 3.8) is 0 Å². The first-order valence-corrected chi connectivity index (χ1v) is 5.08. The lowest BCUT2D eigenvalue weighted by Gasteiger charge is -2.04. The molecule has 0 spiro atoms. The summed E-state index contributed by atoms with van der Waals surface area (Å²) in [6, 6.07) is 0. The molecule has 7 nitrogen and oxygen atoms in total. The lowest BCUT2D eigenvalue weighted by atomic mass is 10.4. The molecule has 3 N–H and O–H groups in total. The largest absolute Gasteiger partial charge is 0.356 e. The highest BCUT2D eigenvalue weighted by atomic mass is 127. The Kier molecular flexibility index (Phi) is 4.65. The first-order chi connectivity index (χ1) is 7.15. The lowest BCUT2D eigenvalue weighted by molar-refractivity contribution is -0.151. The summed E-state index contributed by atoms with van der Waals surface area (Å²) in [5.74, 6) is 4.24. The van der Waals surface area contributed by atoms with Crippen LogP contribution in [0.5, 0.6) is 0 Å². The Morgan fingerprint density at radius 2 is 2.47 bits per heavy atom. The number of halogens is 1. The van der Waals surface area contributed by atoms with Gasteiger partial charge in [0.25, 0.3) is 5.56 Å². The SMILES string of the molecule is NNOC(=O)CCn1cncc(I)c1=O. The van der Waals surface area contributed by atoms with Gasteiger partial charge in [-0.25, -0.2) is 10.8 Å². The van der Waals surface area contributed by atoms with Crippen molar-refractivity contribution in [2.45, 2.75) is 13.0 Å². The third-order valence-electron chi connectivity index (χ3n) is 1.59. The maximum atomic E-state index is 11.5. The van der Waals surface area contributed by atoms with Crippen LogP contribution in [-0.2, 0) is 16.2 Å². The van der Waals surface area contributed by atoms with Gasteiger partial charge in [0, 0.05) is 12.7 Å². The van der Waals surface area contributed by atoms with E-state index in [1.807, 2.05) is 22.6 Å². The lowest BCUT2D eigenvalue weighted by Crippen LogP contribution is -2.28. The van der Waals surface area contributed by atoms with E-state index < -0.39 is 5.97 Å². The third-order valence-corrected chi connectivity index (χ3v) is 2.33. The van der Waals surface area contributed by atoms with Gasteiger partial charge in [-0.15, -0.1) is 0 Å². The quantitative estimate of drug-likeness (QED) is 0.426. The first-order valence-electron chi connectivity index (χ1n) is 4.00. The van der Waals surface area contributed by atoms with Crippen LogP contribution >= 0.6 is 22.6 Å². The number of rotatable bonds is 4. The summed E-state index contributed by atoms with van der Waals surface area (Å²) in [4.78, 5) is 30.5. The van der Waals surface area contributed by atoms with Gasteiger partial charge < -0.3 is 4.84 Å². The second-order valence-electron chi connectivity index (χ2n) is 2.58. The Morgan fingerprint density at radius 3 is 3.13 bits per heavy atom. The molecule has 1 aromatic heterocycles. The predicted molar refractivity (Wildman–Crippen MR) is 59.2 cm³/mol. The number of hydrogen-bond acceptors (Lipinski definition) is 6. The number of carbonyl (C=O) groups excluding carboxylic acids is 1. The minimum atomic E-state index is -0.539. The summed E-state index contributed by atoms with van der Waals surface area (Å²) < 4.78 is 1.83. The van der Waals surface area contributed by atoms with E-state index in [1.54, 1.807) is 5.59 Å². The molecule has 0 amide bonds. The Morgan fingerprint density at radius 1 is 1.73 bits per heavy atom. The molecule has 0 fully saturated rings. The van der Waals surface area contributed by atoms with E-state index in [0.29, 0.717) is 3.57 Å². The van der Waals surface area contributed by atoms with Gasteiger partial charge in [0.2, 0.25) is 0 Å². The highest BCUT2D eigenvalue weighted by Crippen LogP contribution is 1.94. The highest BCUT2D eigenvalue weighted by molar-refractivity contribution is 14.1. The van der Waals surface area contributed by atoms with Crippen LogP contribution < -0.4 is 17.0 Å². The summed E-state index contributed by atoms with van der Waals surface area (Å²) in [6.07, 6.45) is 2.87. The molecule has 1 aromatic rings. The van der Waals surface area contributed by atoms with Crippen molar-refractivity contribution in [2.75, 3.05) is 0 Å². The van der Waals surface area contributed by atoms with Gasteiger partial charge in [-0.2, -0.15) is 0 Å². The van der Waals surface area contributed by atoms with Crippen molar-refractivity contribution in [1.29, 1.82) is 0 Å². The van der Waals surface area contributed by atoms with Crippen LogP contribution in [0.25, 0.3) is 0 Å². The molecule has 15 heavy (non-hydrogen) atoms. The number of nitrogens with one attached hydrogen (secondary N) is 1. The number of hydrogen-bond donors (Lipinski definition) is 2. The van der Waals surface area contributed by atoms with Crippen LogP contribution in [0.15, 0.2) is 17.3 Å². The first kappa shape index (κ1) is 12.1. The zero-order chi connectivity index (χ0) is 11.3. The van der Waals surface area contributed by atoms with E-state index in [1.165, 1.54) is 17.1 Å². The molecule has 0 unspecified atom stereocenters. The second kappa shape index (κ2) is 5.78. The van der Waals surface area contributed by atoms with E-state index in [-0.39, 0.29) is 18.5 Å². The van der Waals surface area contributed by atoms with Gasteiger partial charge in [0.15, 0.2) is 0 Å². The smallest absolute Gasteiger partial charge is 0.328 e. The molecule has 0 aliphatic rings. The Bertz CT molecular complexity index is 405. The monoisotopic (exact) mass is 324 g/mol. The molecule has 0 atom stereocenters. The molecule has 0 bridgehead atoms. The zero-order valence-corrected chi connectivity index (χ0v) is 9.80. The summed E-state index contributed by atoms with van der Waals surface area (Å²) in [6.45, 7) is 0.211. The summed E-state index contributed by atoms with van der Waals surface area (Å²) >= 11 is 1.88. The van der Waals surface area contributed by atoms with E-state index in [4.69, 9.17) is 5.84 Å². The van der Waals surface area contributed by atoms with E-state index in [9.17, 15) is 9.59 Å². The minimum Gasteiger partial charge on any atom is -0.356 e. The van der Waals surface area contributed by atoms with Gasteiger partial charge in [0.1, 0.15) is 0 Å². The third kappa shape index (κ3) is 3.57. The topological polar surface area (TPSA) is 99.2 Å². The van der Waals surface area contributed by atoms with Crippen molar-refractivity contribution in [3.05, 3.63) is 26.4 Å². The van der Waals surface area contributed by atoms with E-state index in [2.05, 4.69) is 9.82 Å². The van der Waals surface area contributed by atoms with Gasteiger partial charge in [-0.05, 0) is 22.6 Å². The van der Waals surface area contributed by atoms with E-state index in [0.717, 1.165) is 0 Å². The van der Waals surface area contributed by atoms with Crippen LogP contribution in [0, 0.1) is 3.57 Å². The van der Waals surface area contributed by atoms with Crippen molar-refractivity contribution in [1.82, 2.24) is 15.1 Å². The van der Waals surface area contributed by atoms with Crippen LogP contribution in [0.4, 0.5) is 0 Å². The Labute approximate surface area is 98.7 Å². The van der Waals surface area contributed by atoms with Gasteiger partial charge in [-0.1, -0.05) is 5.59 Å². The van der Waals surface area contributed by atoms with Gasteiger partial charge in [-0.3, -0.25) is 14.2 Å². The Balaban J connectivity index is 2.62. The number of nitrogens with zero attached hydrogens (tertiary/aromatic N) is 2. The molecular formula is C7H9IN4O3. The molecule has 0 aliphatic heterocycles. The van der Waals surface area contributed by atoms with Crippen molar-refractivity contribution < 1.29 is 9.63 Å². The van der Waals surface area contributed by atoms with Crippen LogP contribution in [0.2, 0.25) is 0 Å². The average molecular weight is 324 g/mol. The highest BCUT2D eigenvalue weighted by Gasteiger charge is 2.05. The van der Waals surface area contributed by atoms with Crippen LogP contribution in [0.3, 0.4) is 0 Å². The van der Waals surface area contributed by atoms with Crippen molar-refractivity contribution in [2.24, 2.45) is 5.84 Å². The summed E-state index contributed by atoms with van der Waals surface area (Å²) in [5, 5.41) is 0.